The molecule has 2 heteroatoms. The van der Waals surface area contributed by atoms with Crippen LogP contribution in [0.3, 0.4) is 0 Å². The monoisotopic (exact) mass is 248 g/mol. The van der Waals surface area contributed by atoms with Gasteiger partial charge in [0.25, 0.3) is 0 Å². The summed E-state index contributed by atoms with van der Waals surface area (Å²) in [4.78, 5) is 0. The lowest BCUT2D eigenvalue weighted by Crippen LogP contribution is -2.55. The van der Waals surface area contributed by atoms with Gasteiger partial charge in [-0.25, -0.2) is 10.4 Å². The number of rotatable bonds is 1. The molecule has 1 heterocycles. The van der Waals surface area contributed by atoms with Crippen molar-refractivity contribution in [1.29, 1.82) is 0 Å². The largest absolute Gasteiger partial charge is 0.232 e. The van der Waals surface area contributed by atoms with Gasteiger partial charge in [-0.15, -0.1) is 0 Å². The van der Waals surface area contributed by atoms with Gasteiger partial charge in [-0.1, -0.05) is 33.1 Å². The lowest BCUT2D eigenvalue weighted by molar-refractivity contribution is -0.00977. The van der Waals surface area contributed by atoms with Crippen molar-refractivity contribution in [1.82, 2.24) is 10.4 Å². The average molecular weight is 248 g/mol. The molecule has 102 valence electrons. The Bertz CT molecular complexity index is 369. The summed E-state index contributed by atoms with van der Waals surface area (Å²) in [6, 6.07) is 0. The van der Waals surface area contributed by atoms with Gasteiger partial charge in [-0.05, 0) is 56.3 Å². The van der Waals surface area contributed by atoms with Gasteiger partial charge >= 0.3 is 0 Å². The first kappa shape index (κ1) is 11.7. The highest BCUT2D eigenvalue weighted by Gasteiger charge is 2.71. The zero-order chi connectivity index (χ0) is 12.6. The van der Waals surface area contributed by atoms with E-state index in [0.29, 0.717) is 16.6 Å². The van der Waals surface area contributed by atoms with Crippen molar-refractivity contribution in [3.63, 3.8) is 0 Å². The maximum absolute atomic E-state index is 3.84. The molecule has 2 nitrogen and oxygen atoms in total. The fraction of sp³-hybridized carbons (Fsp3) is 1.00. The van der Waals surface area contributed by atoms with Crippen molar-refractivity contribution in [2.45, 2.75) is 83.3 Å². The van der Waals surface area contributed by atoms with E-state index in [2.05, 4.69) is 31.2 Å². The van der Waals surface area contributed by atoms with Crippen LogP contribution in [0.15, 0.2) is 0 Å². The maximum Gasteiger partial charge on any atom is 0.0980 e. The summed E-state index contributed by atoms with van der Waals surface area (Å²) in [7, 11) is 0. The van der Waals surface area contributed by atoms with Gasteiger partial charge in [-0.3, -0.25) is 0 Å². The SMILES string of the molecule is CC1(C)[C@H]2CC[C@@H](C2)[C@]1(C)N1NC12CCCCC2. The molecule has 1 saturated heterocycles. The molecule has 1 N–H and O–H groups in total. The predicted molar refractivity (Wildman–Crippen MR) is 73.8 cm³/mol. The van der Waals surface area contributed by atoms with Crippen LogP contribution in [0.5, 0.6) is 0 Å². The van der Waals surface area contributed by atoms with E-state index < -0.39 is 0 Å². The van der Waals surface area contributed by atoms with Crippen LogP contribution in [-0.2, 0) is 0 Å². The van der Waals surface area contributed by atoms with Gasteiger partial charge < -0.3 is 0 Å². The van der Waals surface area contributed by atoms with Crippen LogP contribution in [-0.4, -0.2) is 16.2 Å². The standard InChI is InChI=1S/C16H28N2/c1-14(2)12-7-8-13(11-12)15(14,3)18-16(17-18)9-5-4-6-10-16/h12-13,17H,4-11H2,1-3H3/t12-,13-,15-,18?/m0/s1. The molecule has 0 aromatic carbocycles. The van der Waals surface area contributed by atoms with E-state index in [9.17, 15) is 0 Å². The third-order valence-corrected chi connectivity index (χ3v) is 7.40. The topological polar surface area (TPSA) is 25.0 Å². The van der Waals surface area contributed by atoms with Crippen molar-refractivity contribution >= 4 is 0 Å². The number of hydrogen-bond acceptors (Lipinski definition) is 2. The van der Waals surface area contributed by atoms with Crippen LogP contribution in [0.4, 0.5) is 0 Å². The van der Waals surface area contributed by atoms with E-state index in [1.54, 1.807) is 0 Å². The Morgan fingerprint density at radius 2 is 1.61 bits per heavy atom. The van der Waals surface area contributed by atoms with E-state index in [4.69, 9.17) is 0 Å². The molecule has 2 bridgehead atoms. The molecule has 0 radical (unpaired) electrons. The van der Waals surface area contributed by atoms with E-state index in [1.165, 1.54) is 51.4 Å². The molecule has 4 aliphatic rings. The minimum Gasteiger partial charge on any atom is -0.232 e. The second-order valence-corrected chi connectivity index (χ2v) is 8.12. The molecule has 1 aliphatic heterocycles. The highest BCUT2D eigenvalue weighted by atomic mass is 15.8. The average Bonchev–Trinajstić information content (AvgIpc) is 2.76. The minimum absolute atomic E-state index is 0.410. The molecule has 3 aliphatic carbocycles. The Balaban J connectivity index is 1.65. The fourth-order valence-corrected chi connectivity index (χ4v) is 5.77. The molecule has 0 aromatic rings. The van der Waals surface area contributed by atoms with E-state index in [0.717, 1.165) is 11.8 Å². The molecule has 4 atom stereocenters. The van der Waals surface area contributed by atoms with E-state index in [-0.39, 0.29) is 0 Å². The summed E-state index contributed by atoms with van der Waals surface area (Å²) in [5.41, 5.74) is 5.15. The van der Waals surface area contributed by atoms with Crippen LogP contribution < -0.4 is 5.43 Å². The third-order valence-electron chi connectivity index (χ3n) is 7.40. The zero-order valence-corrected chi connectivity index (χ0v) is 12.3. The van der Waals surface area contributed by atoms with Crippen molar-refractivity contribution in [3.05, 3.63) is 0 Å². The smallest absolute Gasteiger partial charge is 0.0980 e. The molecule has 0 amide bonds. The Hall–Kier alpha value is -0.0800. The summed E-state index contributed by atoms with van der Waals surface area (Å²) in [5.74, 6) is 1.90. The molecule has 18 heavy (non-hydrogen) atoms. The first-order chi connectivity index (χ1) is 8.51. The molecule has 4 rings (SSSR count). The van der Waals surface area contributed by atoms with Gasteiger partial charge in [0.2, 0.25) is 0 Å². The predicted octanol–water partition coefficient (Wildman–Crippen LogP) is 3.68. The molecule has 0 aromatic heterocycles. The number of nitrogens with zero attached hydrogens (tertiary/aromatic N) is 1. The normalized spacial score (nSPS) is 51.8. The quantitative estimate of drug-likeness (QED) is 0.716. The minimum atomic E-state index is 0.410. The summed E-state index contributed by atoms with van der Waals surface area (Å²) in [5, 5.41) is 2.73. The Labute approximate surface area is 111 Å². The first-order valence-electron chi connectivity index (χ1n) is 8.09. The van der Waals surface area contributed by atoms with Gasteiger partial charge in [-0.2, -0.15) is 0 Å². The lowest BCUT2D eigenvalue weighted by atomic mass is 9.63. The van der Waals surface area contributed by atoms with Crippen LogP contribution in [0.25, 0.3) is 0 Å². The molecule has 1 spiro atoms. The van der Waals surface area contributed by atoms with Gasteiger partial charge in [0.05, 0.1) is 5.66 Å². The van der Waals surface area contributed by atoms with Crippen molar-refractivity contribution in [2.75, 3.05) is 0 Å². The van der Waals surface area contributed by atoms with Crippen LogP contribution in [0.2, 0.25) is 0 Å². The van der Waals surface area contributed by atoms with Crippen molar-refractivity contribution < 1.29 is 0 Å². The van der Waals surface area contributed by atoms with Crippen LogP contribution >= 0.6 is 0 Å². The fourth-order valence-electron chi connectivity index (χ4n) is 5.77. The molecule has 3 saturated carbocycles. The molecule has 1 unspecified atom stereocenters. The zero-order valence-electron chi connectivity index (χ0n) is 12.3. The first-order valence-corrected chi connectivity index (χ1v) is 8.09. The summed E-state index contributed by atoms with van der Waals surface area (Å²) in [6.07, 6.45) is 11.5. The summed E-state index contributed by atoms with van der Waals surface area (Å²) in [6.45, 7) is 7.63. The van der Waals surface area contributed by atoms with Crippen molar-refractivity contribution in [2.24, 2.45) is 17.3 Å². The number of hydrogen-bond donors (Lipinski definition) is 1. The second kappa shape index (κ2) is 3.32. The highest BCUT2D eigenvalue weighted by Crippen LogP contribution is 2.66. The van der Waals surface area contributed by atoms with Gasteiger partial charge in [0, 0.05) is 5.54 Å². The van der Waals surface area contributed by atoms with E-state index in [1.807, 2.05) is 0 Å². The van der Waals surface area contributed by atoms with Crippen LogP contribution in [0.1, 0.15) is 72.1 Å². The van der Waals surface area contributed by atoms with Crippen molar-refractivity contribution in [3.8, 4) is 0 Å². The molecular weight excluding hydrogens is 220 g/mol. The lowest BCUT2D eigenvalue weighted by Gasteiger charge is -2.49. The van der Waals surface area contributed by atoms with Gasteiger partial charge in [0.15, 0.2) is 0 Å². The molecular formula is C16H28N2. The highest BCUT2D eigenvalue weighted by molar-refractivity contribution is 5.20. The molecule has 4 fully saturated rings. The summed E-state index contributed by atoms with van der Waals surface area (Å²) < 4.78 is 0. The van der Waals surface area contributed by atoms with E-state index >= 15 is 0 Å². The number of nitrogens with one attached hydrogen (secondary N) is 1. The Morgan fingerprint density at radius 3 is 2.22 bits per heavy atom. The number of hydrazine groups is 1. The Kier molecular flexibility index (Phi) is 2.16. The Morgan fingerprint density at radius 1 is 0.944 bits per heavy atom. The summed E-state index contributed by atoms with van der Waals surface area (Å²) >= 11 is 0. The van der Waals surface area contributed by atoms with Gasteiger partial charge in [0.1, 0.15) is 0 Å². The van der Waals surface area contributed by atoms with Crippen LogP contribution in [0, 0.1) is 17.3 Å². The second-order valence-electron chi connectivity index (χ2n) is 8.12. The number of fused-ring (bicyclic) bond motifs is 2. The third kappa shape index (κ3) is 1.17. The maximum atomic E-state index is 3.84.